The number of pyridine rings is 1. The summed E-state index contributed by atoms with van der Waals surface area (Å²) in [5, 5.41) is 14.1. The number of hydrogen-bond acceptors (Lipinski definition) is 7. The lowest BCUT2D eigenvalue weighted by Crippen LogP contribution is -2.37. The molecule has 9 heteroatoms. The number of rotatable bonds is 5. The molecular weight excluding hydrogens is 444 g/mol. The van der Waals surface area contributed by atoms with E-state index in [4.69, 9.17) is 21.2 Å². The minimum atomic E-state index is -0.755. The zero-order chi connectivity index (χ0) is 22.9. The molecular formula is C24H25ClN4O4. The molecule has 2 aromatic rings. The van der Waals surface area contributed by atoms with Crippen molar-refractivity contribution in [3.8, 4) is 0 Å². The molecule has 0 spiro atoms. The summed E-state index contributed by atoms with van der Waals surface area (Å²) in [5.41, 5.74) is 5.92. The highest BCUT2D eigenvalue weighted by Gasteiger charge is 2.28. The van der Waals surface area contributed by atoms with Crippen LogP contribution in [0.5, 0.6) is 0 Å². The van der Waals surface area contributed by atoms with E-state index in [1.165, 1.54) is 5.56 Å². The molecule has 8 nitrogen and oxygen atoms in total. The number of oxime groups is 1. The average Bonchev–Trinajstić information content (AvgIpc) is 3.23. The molecule has 1 aromatic carbocycles. The third-order valence-corrected chi connectivity index (χ3v) is 6.82. The molecule has 0 saturated carbocycles. The maximum absolute atomic E-state index is 11.2. The van der Waals surface area contributed by atoms with Gasteiger partial charge < -0.3 is 19.6 Å². The topological polar surface area (TPSA) is 96.6 Å². The maximum Gasteiger partial charge on any atom is 0.303 e. The molecule has 2 aliphatic heterocycles. The predicted molar refractivity (Wildman–Crippen MR) is 126 cm³/mol. The lowest BCUT2D eigenvalue weighted by atomic mass is 9.92. The van der Waals surface area contributed by atoms with E-state index in [9.17, 15) is 9.90 Å². The Bertz CT molecular complexity index is 1160. The van der Waals surface area contributed by atoms with E-state index in [0.29, 0.717) is 36.2 Å². The van der Waals surface area contributed by atoms with Crippen LogP contribution in [0.25, 0.3) is 0 Å². The first-order chi connectivity index (χ1) is 16.0. The third-order valence-electron chi connectivity index (χ3n) is 6.54. The van der Waals surface area contributed by atoms with Crippen molar-refractivity contribution in [2.45, 2.75) is 32.1 Å². The number of aliphatic imine (C=N–C) groups is 1. The van der Waals surface area contributed by atoms with Crippen molar-refractivity contribution >= 4 is 35.0 Å². The minimum absolute atomic E-state index is 0.0806. The summed E-state index contributed by atoms with van der Waals surface area (Å²) in [4.78, 5) is 28.0. The van der Waals surface area contributed by atoms with Crippen molar-refractivity contribution in [1.29, 1.82) is 0 Å². The van der Waals surface area contributed by atoms with Crippen molar-refractivity contribution in [2.24, 2.45) is 10.1 Å². The Morgan fingerprint density at radius 3 is 2.82 bits per heavy atom. The second-order valence-electron chi connectivity index (χ2n) is 8.52. The zero-order valence-electron chi connectivity index (χ0n) is 18.4. The highest BCUT2D eigenvalue weighted by molar-refractivity contribution is 6.33. The third kappa shape index (κ3) is 4.32. The number of nitrogens with zero attached hydrogens (tertiary/aromatic N) is 4. The number of carboxylic acids is 1. The Morgan fingerprint density at radius 1 is 1.30 bits per heavy atom. The molecule has 1 N–H and O–H groups in total. The number of halogens is 1. The molecule has 1 atom stereocenters. The fraction of sp³-hybridized carbons (Fsp3) is 0.417. The van der Waals surface area contributed by atoms with Crippen LogP contribution in [-0.4, -0.2) is 60.5 Å². The van der Waals surface area contributed by atoms with Crippen molar-refractivity contribution < 1.29 is 19.5 Å². The van der Waals surface area contributed by atoms with Crippen LogP contribution in [0.2, 0.25) is 5.02 Å². The van der Waals surface area contributed by atoms with Crippen LogP contribution in [0, 0.1) is 6.92 Å². The van der Waals surface area contributed by atoms with Gasteiger partial charge in [0.25, 0.3) is 5.90 Å². The van der Waals surface area contributed by atoms with E-state index >= 15 is 0 Å². The van der Waals surface area contributed by atoms with Gasteiger partial charge in [0.05, 0.1) is 36.8 Å². The maximum atomic E-state index is 11.2. The molecule has 1 fully saturated rings. The number of anilines is 1. The van der Waals surface area contributed by atoms with Crippen LogP contribution in [0.15, 0.2) is 34.5 Å². The van der Waals surface area contributed by atoms with Gasteiger partial charge in [-0.15, -0.1) is 0 Å². The highest BCUT2D eigenvalue weighted by atomic mass is 35.5. The van der Waals surface area contributed by atoms with Gasteiger partial charge in [-0.1, -0.05) is 28.9 Å². The van der Waals surface area contributed by atoms with Crippen molar-refractivity contribution in [1.82, 2.24) is 4.98 Å². The molecule has 0 bridgehead atoms. The first kappa shape index (κ1) is 21.9. The van der Waals surface area contributed by atoms with Crippen LogP contribution in [-0.2, 0) is 20.8 Å². The lowest BCUT2D eigenvalue weighted by Gasteiger charge is -2.28. The Hall–Kier alpha value is -2.97. The van der Waals surface area contributed by atoms with Gasteiger partial charge in [0.15, 0.2) is 0 Å². The Morgan fingerprint density at radius 2 is 2.12 bits per heavy atom. The fourth-order valence-electron chi connectivity index (χ4n) is 4.84. The summed E-state index contributed by atoms with van der Waals surface area (Å²) in [6, 6.07) is 5.85. The Labute approximate surface area is 196 Å². The first-order valence-corrected chi connectivity index (χ1v) is 11.5. The summed E-state index contributed by atoms with van der Waals surface area (Å²) in [6.07, 6.45) is 3.63. The number of hydrogen-bond donors (Lipinski definition) is 1. The largest absolute Gasteiger partial charge is 0.481 e. The first-order valence-electron chi connectivity index (χ1n) is 11.1. The summed E-state index contributed by atoms with van der Waals surface area (Å²) < 4.78 is 5.39. The van der Waals surface area contributed by atoms with Crippen molar-refractivity contribution in [3.63, 3.8) is 0 Å². The van der Waals surface area contributed by atoms with Crippen LogP contribution in [0.4, 0.5) is 5.82 Å². The molecule has 3 aliphatic rings. The van der Waals surface area contributed by atoms with Gasteiger partial charge in [-0.05, 0) is 48.4 Å². The van der Waals surface area contributed by atoms with Crippen molar-refractivity contribution in [3.05, 3.63) is 57.2 Å². The molecule has 3 heterocycles. The van der Waals surface area contributed by atoms with Crippen LogP contribution in [0.1, 0.15) is 46.6 Å². The van der Waals surface area contributed by atoms with Gasteiger partial charge in [-0.2, -0.15) is 0 Å². The van der Waals surface area contributed by atoms with Gasteiger partial charge in [-0.25, -0.2) is 9.98 Å². The van der Waals surface area contributed by atoms with E-state index < -0.39 is 5.97 Å². The standard InChI is InChI=1S/C24H25ClN4O4/c1-14-17-3-2-15(11-22(30)31)19(17)5-4-18(14)21-13-27-24(33-28-21)16-10-20(25)23(26-12-16)29-6-8-32-9-7-29/h4-5,10,12,15H,2-3,6-9,11,13H2,1H3,(H,30,31). The summed E-state index contributed by atoms with van der Waals surface area (Å²) in [5.74, 6) is 0.451. The Balaban J connectivity index is 1.31. The minimum Gasteiger partial charge on any atom is -0.481 e. The van der Waals surface area contributed by atoms with Gasteiger partial charge in [0.2, 0.25) is 0 Å². The number of morpholine rings is 1. The van der Waals surface area contributed by atoms with E-state index in [1.807, 2.05) is 18.2 Å². The quantitative estimate of drug-likeness (QED) is 0.720. The number of benzene rings is 1. The zero-order valence-corrected chi connectivity index (χ0v) is 19.1. The van der Waals surface area contributed by atoms with Gasteiger partial charge >= 0.3 is 5.97 Å². The average molecular weight is 469 g/mol. The molecule has 172 valence electrons. The van der Waals surface area contributed by atoms with E-state index in [-0.39, 0.29) is 12.3 Å². The van der Waals surface area contributed by atoms with Gasteiger partial charge in [-0.3, -0.25) is 4.79 Å². The number of ether oxygens (including phenoxy) is 1. The molecule has 1 aromatic heterocycles. The van der Waals surface area contributed by atoms with Crippen LogP contribution in [0.3, 0.4) is 0 Å². The lowest BCUT2D eigenvalue weighted by molar-refractivity contribution is -0.137. The smallest absolute Gasteiger partial charge is 0.303 e. The SMILES string of the molecule is Cc1c(C2=NOC(c3cnc(N4CCOCC4)c(Cl)c3)=NC2)ccc2c1CCC2CC(=O)O. The second kappa shape index (κ2) is 9.11. The number of fused-ring (bicyclic) bond motifs is 1. The van der Waals surface area contributed by atoms with Crippen molar-refractivity contribution in [2.75, 3.05) is 37.7 Å². The van der Waals surface area contributed by atoms with Gasteiger partial charge in [0.1, 0.15) is 11.5 Å². The summed E-state index contributed by atoms with van der Waals surface area (Å²) in [7, 11) is 0. The van der Waals surface area contributed by atoms with E-state index in [1.54, 1.807) is 6.20 Å². The number of aliphatic carboxylic acids is 1. The van der Waals surface area contributed by atoms with E-state index in [0.717, 1.165) is 54.2 Å². The second-order valence-corrected chi connectivity index (χ2v) is 8.93. The number of carboxylic acid groups (broad SMARTS) is 1. The molecule has 1 unspecified atom stereocenters. The molecule has 0 amide bonds. The van der Waals surface area contributed by atoms with Gasteiger partial charge in [0, 0.05) is 24.8 Å². The molecule has 1 saturated heterocycles. The summed E-state index contributed by atoms with van der Waals surface area (Å²) >= 11 is 6.50. The van der Waals surface area contributed by atoms with Crippen LogP contribution >= 0.6 is 11.6 Å². The molecule has 33 heavy (non-hydrogen) atoms. The molecule has 5 rings (SSSR count). The molecule has 1 aliphatic carbocycles. The normalized spacial score (nSPS) is 20.1. The van der Waals surface area contributed by atoms with Crippen LogP contribution < -0.4 is 4.90 Å². The number of aromatic nitrogens is 1. The predicted octanol–water partition coefficient (Wildman–Crippen LogP) is 3.57. The monoisotopic (exact) mass is 468 g/mol. The van der Waals surface area contributed by atoms with E-state index in [2.05, 4.69) is 27.0 Å². The Kier molecular flexibility index (Phi) is 6.03. The number of carbonyl (C=O) groups is 1. The molecule has 0 radical (unpaired) electrons. The fourth-order valence-corrected chi connectivity index (χ4v) is 5.12. The summed E-state index contributed by atoms with van der Waals surface area (Å²) in [6.45, 7) is 5.29. The highest BCUT2D eigenvalue weighted by Crippen LogP contribution is 2.38.